The number of nitrogens with one attached hydrogen (secondary N) is 2. The topological polar surface area (TPSA) is 58.2 Å². The standard InChI is InChI=1S/C16H12BrF3N2O2/c17-12-7-3-2-6-11(12)14(23)21-9-10-5-1-4-8-13(10)22-15(24)16(18,19)20/h1-8H,9H2,(H,21,23)(H,22,24). The molecule has 2 N–H and O–H groups in total. The first-order chi connectivity index (χ1) is 11.3. The molecule has 126 valence electrons. The van der Waals surface area contributed by atoms with Crippen LogP contribution in [0.2, 0.25) is 0 Å². The van der Waals surface area contributed by atoms with Crippen molar-refractivity contribution in [3.8, 4) is 0 Å². The lowest BCUT2D eigenvalue weighted by Gasteiger charge is -2.13. The molecule has 0 aliphatic carbocycles. The fourth-order valence-corrected chi connectivity index (χ4v) is 2.37. The molecule has 2 aromatic carbocycles. The molecule has 8 heteroatoms. The quantitative estimate of drug-likeness (QED) is 0.817. The van der Waals surface area contributed by atoms with Crippen molar-refractivity contribution in [2.45, 2.75) is 12.7 Å². The number of carbonyl (C=O) groups is 2. The van der Waals surface area contributed by atoms with Crippen molar-refractivity contribution in [3.05, 3.63) is 64.1 Å². The van der Waals surface area contributed by atoms with Crippen LogP contribution in [0.15, 0.2) is 53.0 Å². The second-order valence-electron chi connectivity index (χ2n) is 4.77. The molecule has 0 saturated carbocycles. The molecule has 0 saturated heterocycles. The van der Waals surface area contributed by atoms with Gasteiger partial charge < -0.3 is 10.6 Å². The second kappa shape index (κ2) is 7.48. The average molecular weight is 401 g/mol. The van der Waals surface area contributed by atoms with E-state index in [4.69, 9.17) is 0 Å². The van der Waals surface area contributed by atoms with E-state index in [2.05, 4.69) is 21.2 Å². The van der Waals surface area contributed by atoms with Crippen molar-refractivity contribution in [1.29, 1.82) is 0 Å². The fraction of sp³-hybridized carbons (Fsp3) is 0.125. The van der Waals surface area contributed by atoms with E-state index >= 15 is 0 Å². The highest BCUT2D eigenvalue weighted by Gasteiger charge is 2.38. The van der Waals surface area contributed by atoms with E-state index in [9.17, 15) is 22.8 Å². The van der Waals surface area contributed by atoms with Gasteiger partial charge in [-0.05, 0) is 39.7 Å². The molecular formula is C16H12BrF3N2O2. The predicted octanol–water partition coefficient (Wildman–Crippen LogP) is 3.88. The molecule has 0 bridgehead atoms. The van der Waals surface area contributed by atoms with Gasteiger partial charge in [-0.2, -0.15) is 13.2 Å². The van der Waals surface area contributed by atoms with Gasteiger partial charge in [-0.15, -0.1) is 0 Å². The van der Waals surface area contributed by atoms with Crippen molar-refractivity contribution < 1.29 is 22.8 Å². The molecule has 0 aliphatic heterocycles. The van der Waals surface area contributed by atoms with Gasteiger partial charge in [0, 0.05) is 16.7 Å². The van der Waals surface area contributed by atoms with Crippen LogP contribution in [0.5, 0.6) is 0 Å². The molecule has 4 nitrogen and oxygen atoms in total. The minimum Gasteiger partial charge on any atom is -0.348 e. The van der Waals surface area contributed by atoms with Crippen LogP contribution in [0.4, 0.5) is 18.9 Å². The van der Waals surface area contributed by atoms with E-state index in [1.54, 1.807) is 35.6 Å². The van der Waals surface area contributed by atoms with Gasteiger partial charge in [-0.1, -0.05) is 30.3 Å². The Morgan fingerprint density at radius 1 is 1.00 bits per heavy atom. The average Bonchev–Trinajstić information content (AvgIpc) is 2.53. The van der Waals surface area contributed by atoms with E-state index in [-0.39, 0.29) is 18.1 Å². The molecular weight excluding hydrogens is 389 g/mol. The van der Waals surface area contributed by atoms with Gasteiger partial charge in [0.15, 0.2) is 0 Å². The Bertz CT molecular complexity index is 763. The minimum atomic E-state index is -4.98. The lowest BCUT2D eigenvalue weighted by Crippen LogP contribution is -2.31. The molecule has 24 heavy (non-hydrogen) atoms. The maximum absolute atomic E-state index is 12.4. The first kappa shape index (κ1) is 18.0. The number of amides is 2. The number of para-hydroxylation sites is 1. The van der Waals surface area contributed by atoms with Crippen LogP contribution in [0, 0.1) is 0 Å². The number of benzene rings is 2. The third kappa shape index (κ3) is 4.58. The van der Waals surface area contributed by atoms with E-state index in [0.29, 0.717) is 15.6 Å². The maximum Gasteiger partial charge on any atom is 0.471 e. The maximum atomic E-state index is 12.4. The minimum absolute atomic E-state index is 0.00717. The molecule has 2 rings (SSSR count). The first-order valence-electron chi connectivity index (χ1n) is 6.78. The van der Waals surface area contributed by atoms with E-state index in [1.807, 2.05) is 0 Å². The van der Waals surface area contributed by atoms with Crippen LogP contribution in [0.1, 0.15) is 15.9 Å². The number of anilines is 1. The van der Waals surface area contributed by atoms with Gasteiger partial charge in [0.05, 0.1) is 5.56 Å². The molecule has 0 fully saturated rings. The lowest BCUT2D eigenvalue weighted by atomic mass is 10.1. The molecule has 0 unspecified atom stereocenters. The second-order valence-corrected chi connectivity index (χ2v) is 5.63. The summed E-state index contributed by atoms with van der Waals surface area (Å²) in [6.45, 7) is -0.0333. The van der Waals surface area contributed by atoms with Crippen molar-refractivity contribution in [3.63, 3.8) is 0 Å². The molecule has 0 aromatic heterocycles. The Morgan fingerprint density at radius 3 is 2.29 bits per heavy atom. The summed E-state index contributed by atoms with van der Waals surface area (Å²) in [6.07, 6.45) is -4.98. The Labute approximate surface area is 144 Å². The zero-order valence-electron chi connectivity index (χ0n) is 12.2. The number of hydrogen-bond acceptors (Lipinski definition) is 2. The van der Waals surface area contributed by atoms with Crippen LogP contribution in [0.3, 0.4) is 0 Å². The van der Waals surface area contributed by atoms with Gasteiger partial charge >= 0.3 is 12.1 Å². The predicted molar refractivity (Wildman–Crippen MR) is 86.4 cm³/mol. The van der Waals surface area contributed by atoms with Crippen LogP contribution >= 0.6 is 15.9 Å². The smallest absolute Gasteiger partial charge is 0.348 e. The molecule has 0 aliphatic rings. The van der Waals surface area contributed by atoms with Crippen LogP contribution < -0.4 is 10.6 Å². The first-order valence-corrected chi connectivity index (χ1v) is 7.57. The molecule has 0 atom stereocenters. The SMILES string of the molecule is O=C(NCc1ccccc1NC(=O)C(F)(F)F)c1ccccc1Br. The molecule has 2 aromatic rings. The summed E-state index contributed by atoms with van der Waals surface area (Å²) < 4.78 is 37.7. The number of halogens is 4. The van der Waals surface area contributed by atoms with Gasteiger partial charge in [0.1, 0.15) is 0 Å². The Kier molecular flexibility index (Phi) is 5.61. The van der Waals surface area contributed by atoms with Crippen molar-refractivity contribution >= 4 is 33.4 Å². The summed E-state index contributed by atoms with van der Waals surface area (Å²) in [7, 11) is 0. The van der Waals surface area contributed by atoms with Gasteiger partial charge in [-0.3, -0.25) is 9.59 Å². The normalized spacial score (nSPS) is 11.0. The van der Waals surface area contributed by atoms with Gasteiger partial charge in [-0.25, -0.2) is 0 Å². The van der Waals surface area contributed by atoms with Crippen LogP contribution in [0.25, 0.3) is 0 Å². The van der Waals surface area contributed by atoms with E-state index < -0.39 is 12.1 Å². The fourth-order valence-electron chi connectivity index (χ4n) is 1.91. The summed E-state index contributed by atoms with van der Waals surface area (Å²) >= 11 is 3.25. The molecule has 2 amide bonds. The summed E-state index contributed by atoms with van der Waals surface area (Å²) in [5.74, 6) is -2.45. The van der Waals surface area contributed by atoms with E-state index in [0.717, 1.165) is 0 Å². The highest BCUT2D eigenvalue weighted by molar-refractivity contribution is 9.10. The van der Waals surface area contributed by atoms with Crippen molar-refractivity contribution in [1.82, 2.24) is 5.32 Å². The Morgan fingerprint density at radius 2 is 1.62 bits per heavy atom. The van der Waals surface area contributed by atoms with Crippen molar-refractivity contribution in [2.75, 3.05) is 5.32 Å². The van der Waals surface area contributed by atoms with Crippen LogP contribution in [-0.2, 0) is 11.3 Å². The van der Waals surface area contributed by atoms with Crippen molar-refractivity contribution in [2.24, 2.45) is 0 Å². The molecule has 0 heterocycles. The number of carbonyl (C=O) groups excluding carboxylic acids is 2. The Hall–Kier alpha value is -2.35. The summed E-state index contributed by atoms with van der Waals surface area (Å²) in [5, 5.41) is 4.41. The molecule has 0 spiro atoms. The monoisotopic (exact) mass is 400 g/mol. The zero-order valence-corrected chi connectivity index (χ0v) is 13.7. The number of alkyl halides is 3. The summed E-state index contributed by atoms with van der Waals surface area (Å²) in [5.41, 5.74) is 0.747. The van der Waals surface area contributed by atoms with E-state index in [1.165, 1.54) is 18.2 Å². The highest BCUT2D eigenvalue weighted by Crippen LogP contribution is 2.21. The third-order valence-electron chi connectivity index (χ3n) is 3.08. The number of hydrogen-bond donors (Lipinski definition) is 2. The van der Waals surface area contributed by atoms with Crippen LogP contribution in [-0.4, -0.2) is 18.0 Å². The number of rotatable bonds is 4. The summed E-state index contributed by atoms with van der Waals surface area (Å²) in [6, 6.07) is 12.7. The van der Waals surface area contributed by atoms with Gasteiger partial charge in [0.2, 0.25) is 0 Å². The zero-order chi connectivity index (χ0) is 17.7. The molecule has 0 radical (unpaired) electrons. The summed E-state index contributed by atoms with van der Waals surface area (Å²) in [4.78, 5) is 23.2. The Balaban J connectivity index is 2.10. The third-order valence-corrected chi connectivity index (χ3v) is 3.77. The highest BCUT2D eigenvalue weighted by atomic mass is 79.9. The largest absolute Gasteiger partial charge is 0.471 e. The van der Waals surface area contributed by atoms with Gasteiger partial charge in [0.25, 0.3) is 5.91 Å². The lowest BCUT2D eigenvalue weighted by molar-refractivity contribution is -0.167.